The van der Waals surface area contributed by atoms with E-state index in [1.165, 1.54) is 12.1 Å². The van der Waals surface area contributed by atoms with Crippen LogP contribution in [0.4, 0.5) is 5.69 Å². The molecule has 6 nitrogen and oxygen atoms in total. The van der Waals surface area contributed by atoms with Crippen LogP contribution in [0, 0.1) is 0 Å². The van der Waals surface area contributed by atoms with E-state index in [9.17, 15) is 16.8 Å². The van der Waals surface area contributed by atoms with Crippen molar-refractivity contribution in [1.29, 1.82) is 0 Å². The Labute approximate surface area is 174 Å². The highest BCUT2D eigenvalue weighted by atomic mass is 35.5. The molecule has 0 saturated carbocycles. The summed E-state index contributed by atoms with van der Waals surface area (Å²) >= 11 is 6.89. The first-order valence-electron chi connectivity index (χ1n) is 9.00. The van der Waals surface area contributed by atoms with Gasteiger partial charge in [0.25, 0.3) is 0 Å². The number of hydrogen-bond donors (Lipinski definition) is 0. The molecule has 2 atom stereocenters. The fourth-order valence-electron chi connectivity index (χ4n) is 3.98. The molecule has 4 rings (SSSR count). The van der Waals surface area contributed by atoms with E-state index >= 15 is 0 Å². The number of para-hydroxylation sites is 1. The predicted octanol–water partition coefficient (Wildman–Crippen LogP) is 2.16. The zero-order valence-corrected chi connectivity index (χ0v) is 18.3. The Morgan fingerprint density at radius 3 is 2.25 bits per heavy atom. The van der Waals surface area contributed by atoms with E-state index in [2.05, 4.69) is 4.90 Å². The van der Waals surface area contributed by atoms with Crippen LogP contribution in [0.25, 0.3) is 0 Å². The van der Waals surface area contributed by atoms with Crippen molar-refractivity contribution in [3.8, 4) is 0 Å². The lowest BCUT2D eigenvalue weighted by atomic mass is 10.1. The van der Waals surface area contributed by atoms with Gasteiger partial charge in [0, 0.05) is 37.9 Å². The molecule has 0 bridgehead atoms. The van der Waals surface area contributed by atoms with Gasteiger partial charge in [0.05, 0.1) is 21.1 Å². The first-order valence-corrected chi connectivity index (χ1v) is 13.6. The van der Waals surface area contributed by atoms with Crippen LogP contribution in [-0.4, -0.2) is 70.7 Å². The summed E-state index contributed by atoms with van der Waals surface area (Å²) in [5.74, 6) is -0.435. The minimum atomic E-state index is -3.75. The molecule has 0 unspecified atom stereocenters. The summed E-state index contributed by atoms with van der Waals surface area (Å²) in [6.07, 6.45) is 0. The van der Waals surface area contributed by atoms with E-state index in [0.717, 1.165) is 30.1 Å². The van der Waals surface area contributed by atoms with Crippen molar-refractivity contribution in [1.82, 2.24) is 4.90 Å². The summed E-state index contributed by atoms with van der Waals surface area (Å²) in [4.78, 5) is 4.27. The Hall–Kier alpha value is -1.13. The minimum absolute atomic E-state index is 0.110. The van der Waals surface area contributed by atoms with Gasteiger partial charge in [-0.15, -0.1) is 11.3 Å². The SMILES string of the molecule is O=S1(=O)C[C@H](N2CCN(c3ccccc3)CC2)[C@@H](S(=O)(=O)c2ccc(Cl)s2)C1. The maximum Gasteiger partial charge on any atom is 0.193 e. The molecule has 2 aliphatic heterocycles. The quantitative estimate of drug-likeness (QED) is 0.696. The van der Waals surface area contributed by atoms with E-state index in [1.807, 2.05) is 35.2 Å². The van der Waals surface area contributed by atoms with Gasteiger partial charge in [0.15, 0.2) is 19.7 Å². The Morgan fingerprint density at radius 1 is 0.964 bits per heavy atom. The highest BCUT2D eigenvalue weighted by Crippen LogP contribution is 2.34. The first-order chi connectivity index (χ1) is 13.3. The number of benzene rings is 1. The number of hydrogen-bond acceptors (Lipinski definition) is 7. The average molecular weight is 461 g/mol. The van der Waals surface area contributed by atoms with Gasteiger partial charge in [-0.05, 0) is 24.3 Å². The zero-order valence-electron chi connectivity index (χ0n) is 15.1. The van der Waals surface area contributed by atoms with Crippen LogP contribution in [0.15, 0.2) is 46.7 Å². The van der Waals surface area contributed by atoms with E-state index in [1.54, 1.807) is 0 Å². The molecule has 0 aliphatic carbocycles. The molecule has 2 aromatic rings. The third kappa shape index (κ3) is 3.95. The summed E-state index contributed by atoms with van der Waals surface area (Å²) in [6.45, 7) is 2.73. The Kier molecular flexibility index (Phi) is 5.47. The minimum Gasteiger partial charge on any atom is -0.369 e. The van der Waals surface area contributed by atoms with Crippen LogP contribution in [0.5, 0.6) is 0 Å². The Morgan fingerprint density at radius 2 is 1.64 bits per heavy atom. The van der Waals surface area contributed by atoms with Gasteiger partial charge < -0.3 is 4.90 Å². The fourth-order valence-corrected chi connectivity index (χ4v) is 10.5. The topological polar surface area (TPSA) is 74.8 Å². The molecule has 2 aliphatic rings. The van der Waals surface area contributed by atoms with E-state index < -0.39 is 31.0 Å². The highest BCUT2D eigenvalue weighted by Gasteiger charge is 2.49. The lowest BCUT2D eigenvalue weighted by Crippen LogP contribution is -2.54. The number of anilines is 1. The van der Waals surface area contributed by atoms with Crippen molar-refractivity contribution in [3.63, 3.8) is 0 Å². The standard InChI is InChI=1S/C18H21ClN2O4S3/c19-17-6-7-18(26-17)28(24,25)16-13-27(22,23)12-15(16)21-10-8-20(9-11-21)14-4-2-1-3-5-14/h1-7,15-16H,8-13H2/t15-,16-/m0/s1. The number of nitrogens with zero attached hydrogens (tertiary/aromatic N) is 2. The number of rotatable bonds is 4. The molecule has 3 heterocycles. The van der Waals surface area contributed by atoms with Crippen molar-refractivity contribution < 1.29 is 16.8 Å². The van der Waals surface area contributed by atoms with Crippen molar-refractivity contribution in [2.45, 2.75) is 15.5 Å². The summed E-state index contributed by atoms with van der Waals surface area (Å²) in [6, 6.07) is 12.5. The van der Waals surface area contributed by atoms with Crippen molar-refractivity contribution in [2.75, 3.05) is 42.6 Å². The molecule has 1 aromatic carbocycles. The molecular formula is C18H21ClN2O4S3. The van der Waals surface area contributed by atoms with Crippen LogP contribution in [0.2, 0.25) is 4.34 Å². The molecule has 2 saturated heterocycles. The lowest BCUT2D eigenvalue weighted by molar-refractivity contribution is 0.202. The fraction of sp³-hybridized carbons (Fsp3) is 0.444. The van der Waals surface area contributed by atoms with Gasteiger partial charge in [0.2, 0.25) is 0 Å². The lowest BCUT2D eigenvalue weighted by Gasteiger charge is -2.40. The van der Waals surface area contributed by atoms with Crippen molar-refractivity contribution >= 4 is 48.3 Å². The Bertz CT molecular complexity index is 1050. The number of piperazine rings is 1. The van der Waals surface area contributed by atoms with Gasteiger partial charge >= 0.3 is 0 Å². The van der Waals surface area contributed by atoms with Gasteiger partial charge in [-0.2, -0.15) is 0 Å². The second kappa shape index (κ2) is 7.60. The van der Waals surface area contributed by atoms with Gasteiger partial charge in [-0.3, -0.25) is 4.90 Å². The third-order valence-corrected chi connectivity index (χ3v) is 11.3. The van der Waals surface area contributed by atoms with E-state index in [0.29, 0.717) is 17.4 Å². The molecule has 0 amide bonds. The molecule has 1 aromatic heterocycles. The molecule has 28 heavy (non-hydrogen) atoms. The van der Waals surface area contributed by atoms with E-state index in [4.69, 9.17) is 11.6 Å². The summed E-state index contributed by atoms with van der Waals surface area (Å²) in [5.41, 5.74) is 1.12. The van der Waals surface area contributed by atoms with Gasteiger partial charge in [-0.25, -0.2) is 16.8 Å². The maximum absolute atomic E-state index is 13.1. The third-order valence-electron chi connectivity index (χ3n) is 5.40. The first kappa shape index (κ1) is 20.2. The van der Waals surface area contributed by atoms with Crippen LogP contribution in [0.3, 0.4) is 0 Å². The molecular weight excluding hydrogens is 440 g/mol. The van der Waals surface area contributed by atoms with Crippen LogP contribution < -0.4 is 4.90 Å². The van der Waals surface area contributed by atoms with Crippen LogP contribution in [0.1, 0.15) is 0 Å². The number of halogens is 1. The summed E-state index contributed by atoms with van der Waals surface area (Å²) in [5, 5.41) is -0.949. The smallest absolute Gasteiger partial charge is 0.193 e. The maximum atomic E-state index is 13.1. The van der Waals surface area contributed by atoms with Crippen molar-refractivity contribution in [2.24, 2.45) is 0 Å². The van der Waals surface area contributed by atoms with E-state index in [-0.39, 0.29) is 15.7 Å². The van der Waals surface area contributed by atoms with Gasteiger partial charge in [-0.1, -0.05) is 29.8 Å². The Balaban J connectivity index is 1.54. The van der Waals surface area contributed by atoms with Crippen molar-refractivity contribution in [3.05, 3.63) is 46.8 Å². The second-order valence-corrected chi connectivity index (χ2v) is 13.4. The molecule has 152 valence electrons. The summed E-state index contributed by atoms with van der Waals surface area (Å²) < 4.78 is 51.5. The molecule has 2 fully saturated rings. The van der Waals surface area contributed by atoms with Gasteiger partial charge in [0.1, 0.15) is 4.21 Å². The second-order valence-electron chi connectivity index (χ2n) is 7.14. The van der Waals surface area contributed by atoms with Crippen LogP contribution >= 0.6 is 22.9 Å². The largest absolute Gasteiger partial charge is 0.369 e. The molecule has 0 spiro atoms. The number of sulfone groups is 2. The highest BCUT2D eigenvalue weighted by molar-refractivity contribution is 7.97. The van der Waals surface area contributed by atoms with Crippen LogP contribution in [-0.2, 0) is 19.7 Å². The molecule has 10 heteroatoms. The molecule has 0 radical (unpaired) electrons. The monoisotopic (exact) mass is 460 g/mol. The summed E-state index contributed by atoms with van der Waals surface area (Å²) in [7, 11) is -7.16. The average Bonchev–Trinajstić information content (AvgIpc) is 3.26. The predicted molar refractivity (Wildman–Crippen MR) is 113 cm³/mol. The zero-order chi connectivity index (χ0) is 19.9. The normalized spacial score (nSPS) is 25.8. The number of thiophene rings is 1. The molecule has 0 N–H and O–H groups in total.